The molecule has 0 bridgehead atoms. The molecule has 21 heavy (non-hydrogen) atoms. The van der Waals surface area contributed by atoms with E-state index in [1.54, 1.807) is 6.07 Å². The SMILES string of the molecule is CNCc1ccccc1OCCOc1ccc(F)cc1C. The van der Waals surface area contributed by atoms with Gasteiger partial charge in [0.2, 0.25) is 0 Å². The third-order valence-corrected chi connectivity index (χ3v) is 3.08. The topological polar surface area (TPSA) is 30.5 Å². The van der Waals surface area contributed by atoms with Crippen LogP contribution in [0.4, 0.5) is 4.39 Å². The van der Waals surface area contributed by atoms with Crippen LogP contribution in [-0.4, -0.2) is 20.3 Å². The van der Waals surface area contributed by atoms with Gasteiger partial charge in [0.05, 0.1) is 0 Å². The van der Waals surface area contributed by atoms with Crippen molar-refractivity contribution in [2.24, 2.45) is 0 Å². The van der Waals surface area contributed by atoms with Crippen LogP contribution in [0.1, 0.15) is 11.1 Å². The van der Waals surface area contributed by atoms with E-state index in [1.165, 1.54) is 12.1 Å². The van der Waals surface area contributed by atoms with Crippen LogP contribution in [-0.2, 0) is 6.54 Å². The molecule has 0 saturated heterocycles. The first-order valence-corrected chi connectivity index (χ1v) is 6.95. The number of aryl methyl sites for hydroxylation is 1. The van der Waals surface area contributed by atoms with Gasteiger partial charge in [-0.2, -0.15) is 0 Å². The first-order chi connectivity index (χ1) is 10.2. The molecule has 3 nitrogen and oxygen atoms in total. The summed E-state index contributed by atoms with van der Waals surface area (Å²) < 4.78 is 24.3. The zero-order valence-corrected chi connectivity index (χ0v) is 12.4. The standard InChI is InChI=1S/C17H20FNO2/c1-13-11-15(18)7-8-16(13)20-9-10-21-17-6-4-3-5-14(17)12-19-2/h3-8,11,19H,9-10,12H2,1-2H3. The summed E-state index contributed by atoms with van der Waals surface area (Å²) in [6.45, 7) is 3.44. The Morgan fingerprint density at radius 1 is 1.00 bits per heavy atom. The fraction of sp³-hybridized carbons (Fsp3) is 0.294. The van der Waals surface area contributed by atoms with E-state index in [0.717, 1.165) is 23.4 Å². The predicted molar refractivity (Wildman–Crippen MR) is 81.3 cm³/mol. The van der Waals surface area contributed by atoms with E-state index < -0.39 is 0 Å². The molecule has 2 aromatic rings. The Labute approximate surface area is 124 Å². The Balaban J connectivity index is 1.84. The maximum absolute atomic E-state index is 13.0. The van der Waals surface area contributed by atoms with Crippen molar-refractivity contribution in [1.82, 2.24) is 5.32 Å². The summed E-state index contributed by atoms with van der Waals surface area (Å²) in [5.74, 6) is 1.28. The van der Waals surface area contributed by atoms with Crippen molar-refractivity contribution in [3.8, 4) is 11.5 Å². The number of benzene rings is 2. The van der Waals surface area contributed by atoms with Crippen molar-refractivity contribution in [3.63, 3.8) is 0 Å². The van der Waals surface area contributed by atoms with Crippen molar-refractivity contribution in [2.75, 3.05) is 20.3 Å². The maximum Gasteiger partial charge on any atom is 0.123 e. The molecule has 0 fully saturated rings. The number of hydrogen-bond acceptors (Lipinski definition) is 3. The Kier molecular flexibility index (Phi) is 5.58. The summed E-state index contributed by atoms with van der Waals surface area (Å²) in [5.41, 5.74) is 1.89. The van der Waals surface area contributed by atoms with Gasteiger partial charge in [-0.15, -0.1) is 0 Å². The minimum absolute atomic E-state index is 0.253. The molecular formula is C17H20FNO2. The zero-order chi connectivity index (χ0) is 15.1. The second-order valence-corrected chi connectivity index (χ2v) is 4.74. The number of halogens is 1. The van der Waals surface area contributed by atoms with Gasteiger partial charge in [0.15, 0.2) is 0 Å². The Hall–Kier alpha value is -2.07. The first kappa shape index (κ1) is 15.3. The van der Waals surface area contributed by atoms with Gasteiger partial charge in [-0.25, -0.2) is 4.39 Å². The Bertz CT molecular complexity index is 587. The Morgan fingerprint density at radius 3 is 2.43 bits per heavy atom. The van der Waals surface area contributed by atoms with Crippen LogP contribution in [0, 0.1) is 12.7 Å². The zero-order valence-electron chi connectivity index (χ0n) is 12.4. The summed E-state index contributed by atoms with van der Waals surface area (Å²) in [6, 6.07) is 12.4. The lowest BCUT2D eigenvalue weighted by Crippen LogP contribution is -2.12. The number of hydrogen-bond donors (Lipinski definition) is 1. The molecule has 0 atom stereocenters. The van der Waals surface area contributed by atoms with Gasteiger partial charge in [-0.1, -0.05) is 18.2 Å². The molecule has 112 valence electrons. The molecule has 0 unspecified atom stereocenters. The van der Waals surface area contributed by atoms with Gasteiger partial charge in [-0.05, 0) is 43.8 Å². The van der Waals surface area contributed by atoms with E-state index in [2.05, 4.69) is 5.32 Å². The molecular weight excluding hydrogens is 269 g/mol. The van der Waals surface area contributed by atoms with Gasteiger partial charge in [0.25, 0.3) is 0 Å². The molecule has 4 heteroatoms. The third-order valence-electron chi connectivity index (χ3n) is 3.08. The average Bonchev–Trinajstić information content (AvgIpc) is 2.47. The van der Waals surface area contributed by atoms with Crippen LogP contribution >= 0.6 is 0 Å². The fourth-order valence-electron chi connectivity index (χ4n) is 2.06. The Morgan fingerprint density at radius 2 is 1.71 bits per heavy atom. The monoisotopic (exact) mass is 289 g/mol. The predicted octanol–water partition coefficient (Wildman–Crippen LogP) is 3.31. The molecule has 0 saturated carbocycles. The summed E-state index contributed by atoms with van der Waals surface area (Å²) in [4.78, 5) is 0. The van der Waals surface area contributed by atoms with Crippen molar-refractivity contribution in [3.05, 3.63) is 59.4 Å². The highest BCUT2D eigenvalue weighted by molar-refractivity contribution is 5.33. The number of ether oxygens (including phenoxy) is 2. The fourth-order valence-corrected chi connectivity index (χ4v) is 2.06. The molecule has 0 amide bonds. The number of nitrogens with one attached hydrogen (secondary N) is 1. The highest BCUT2D eigenvalue weighted by Gasteiger charge is 2.03. The van der Waals surface area contributed by atoms with Crippen molar-refractivity contribution in [1.29, 1.82) is 0 Å². The summed E-state index contributed by atoms with van der Waals surface area (Å²) in [6.07, 6.45) is 0. The van der Waals surface area contributed by atoms with Crippen LogP contribution in [0.15, 0.2) is 42.5 Å². The number of para-hydroxylation sites is 1. The third kappa shape index (κ3) is 4.46. The highest BCUT2D eigenvalue weighted by Crippen LogP contribution is 2.19. The van der Waals surface area contributed by atoms with E-state index in [4.69, 9.17) is 9.47 Å². The van der Waals surface area contributed by atoms with E-state index in [1.807, 2.05) is 38.2 Å². The normalized spacial score (nSPS) is 10.4. The molecule has 0 aliphatic carbocycles. The summed E-state index contributed by atoms with van der Waals surface area (Å²) >= 11 is 0. The van der Waals surface area contributed by atoms with Crippen molar-refractivity contribution in [2.45, 2.75) is 13.5 Å². The van der Waals surface area contributed by atoms with Crippen molar-refractivity contribution >= 4 is 0 Å². The van der Waals surface area contributed by atoms with Crippen LogP contribution in [0.25, 0.3) is 0 Å². The number of rotatable bonds is 7. The van der Waals surface area contributed by atoms with Crippen LogP contribution < -0.4 is 14.8 Å². The largest absolute Gasteiger partial charge is 0.490 e. The summed E-state index contributed by atoms with van der Waals surface area (Å²) in [5, 5.41) is 3.11. The van der Waals surface area contributed by atoms with Gasteiger partial charge in [-0.3, -0.25) is 0 Å². The summed E-state index contributed by atoms with van der Waals surface area (Å²) in [7, 11) is 1.90. The molecule has 0 aliphatic rings. The van der Waals surface area contributed by atoms with Gasteiger partial charge in [0.1, 0.15) is 30.5 Å². The second kappa shape index (κ2) is 7.64. The van der Waals surface area contributed by atoms with Crippen LogP contribution in [0.3, 0.4) is 0 Å². The van der Waals surface area contributed by atoms with Crippen LogP contribution in [0.2, 0.25) is 0 Å². The minimum atomic E-state index is -0.253. The molecule has 0 aromatic heterocycles. The molecule has 2 aromatic carbocycles. The maximum atomic E-state index is 13.0. The second-order valence-electron chi connectivity index (χ2n) is 4.74. The molecule has 0 spiro atoms. The molecule has 0 aliphatic heterocycles. The van der Waals surface area contributed by atoms with Gasteiger partial charge < -0.3 is 14.8 Å². The lowest BCUT2D eigenvalue weighted by atomic mass is 10.2. The average molecular weight is 289 g/mol. The molecule has 1 N–H and O–H groups in total. The van der Waals surface area contributed by atoms with E-state index >= 15 is 0 Å². The molecule has 2 rings (SSSR count). The van der Waals surface area contributed by atoms with Crippen LogP contribution in [0.5, 0.6) is 11.5 Å². The minimum Gasteiger partial charge on any atom is -0.490 e. The van der Waals surface area contributed by atoms with E-state index in [-0.39, 0.29) is 5.82 Å². The van der Waals surface area contributed by atoms with E-state index in [9.17, 15) is 4.39 Å². The lowest BCUT2D eigenvalue weighted by molar-refractivity contribution is 0.215. The van der Waals surface area contributed by atoms with Crippen molar-refractivity contribution < 1.29 is 13.9 Å². The highest BCUT2D eigenvalue weighted by atomic mass is 19.1. The first-order valence-electron chi connectivity index (χ1n) is 6.95. The van der Waals surface area contributed by atoms with Gasteiger partial charge in [0, 0.05) is 12.1 Å². The molecule has 0 radical (unpaired) electrons. The van der Waals surface area contributed by atoms with Gasteiger partial charge >= 0.3 is 0 Å². The van der Waals surface area contributed by atoms with E-state index in [0.29, 0.717) is 19.0 Å². The smallest absolute Gasteiger partial charge is 0.123 e. The molecule has 0 heterocycles. The lowest BCUT2D eigenvalue weighted by Gasteiger charge is -2.13. The quantitative estimate of drug-likeness (QED) is 0.793.